The second kappa shape index (κ2) is 4.57. The molecular weight excluding hydrogens is 210 g/mol. The minimum atomic E-state index is 0.664. The molecule has 2 rings (SSSR count). The maximum atomic E-state index is 10.8. The Morgan fingerprint density at radius 3 is 2.93 bits per heavy atom. The summed E-state index contributed by atoms with van der Waals surface area (Å²) >= 11 is 1.80. The van der Waals surface area contributed by atoms with E-state index in [-0.39, 0.29) is 0 Å². The van der Waals surface area contributed by atoms with Gasteiger partial charge in [0.15, 0.2) is 0 Å². The van der Waals surface area contributed by atoms with Crippen molar-refractivity contribution >= 4 is 23.9 Å². The fourth-order valence-corrected chi connectivity index (χ4v) is 2.58. The number of nitrogens with zero attached hydrogens (tertiary/aromatic N) is 1. The van der Waals surface area contributed by atoms with E-state index in [2.05, 4.69) is 4.31 Å². The lowest BCUT2D eigenvalue weighted by molar-refractivity contribution is 0.112. The van der Waals surface area contributed by atoms with Crippen LogP contribution in [0.2, 0.25) is 0 Å². The summed E-state index contributed by atoms with van der Waals surface area (Å²) in [5.41, 5.74) is 1.72. The Hall–Kier alpha value is -1.16. The molecule has 1 heterocycles. The quantitative estimate of drug-likeness (QED) is 0.581. The van der Waals surface area contributed by atoms with Gasteiger partial charge in [0.05, 0.1) is 12.8 Å². The van der Waals surface area contributed by atoms with Crippen molar-refractivity contribution in [2.45, 2.75) is 6.42 Å². The van der Waals surface area contributed by atoms with Crippen LogP contribution in [0.1, 0.15) is 16.8 Å². The van der Waals surface area contributed by atoms with E-state index in [4.69, 9.17) is 4.74 Å². The van der Waals surface area contributed by atoms with Crippen LogP contribution in [0.15, 0.2) is 18.2 Å². The Balaban J connectivity index is 2.32. The average molecular weight is 223 g/mol. The standard InChI is InChI=1S/C11H13NO2S/c1-14-11-6-9(8-13)5-10(7-11)12-3-2-4-15-12/h5-8H,2-4H2,1H3. The van der Waals surface area contributed by atoms with E-state index in [1.54, 1.807) is 25.1 Å². The zero-order chi connectivity index (χ0) is 10.7. The van der Waals surface area contributed by atoms with Gasteiger partial charge in [0.25, 0.3) is 0 Å². The molecule has 0 atom stereocenters. The molecule has 0 N–H and O–H groups in total. The first-order valence-electron chi connectivity index (χ1n) is 4.88. The number of carbonyl (C=O) groups excluding carboxylic acids is 1. The van der Waals surface area contributed by atoms with Crippen molar-refractivity contribution in [3.8, 4) is 5.75 Å². The monoisotopic (exact) mass is 223 g/mol. The third kappa shape index (κ3) is 2.26. The van der Waals surface area contributed by atoms with Crippen LogP contribution in [0.4, 0.5) is 5.69 Å². The number of methoxy groups -OCH3 is 1. The highest BCUT2D eigenvalue weighted by atomic mass is 32.2. The lowest BCUT2D eigenvalue weighted by atomic mass is 10.2. The first-order chi connectivity index (χ1) is 7.33. The smallest absolute Gasteiger partial charge is 0.150 e. The van der Waals surface area contributed by atoms with Gasteiger partial charge < -0.3 is 9.04 Å². The number of rotatable bonds is 3. The van der Waals surface area contributed by atoms with Crippen molar-refractivity contribution in [3.05, 3.63) is 23.8 Å². The van der Waals surface area contributed by atoms with E-state index < -0.39 is 0 Å². The second-order valence-corrected chi connectivity index (χ2v) is 4.48. The van der Waals surface area contributed by atoms with Gasteiger partial charge in [-0.1, -0.05) is 0 Å². The Kier molecular flexibility index (Phi) is 3.16. The maximum absolute atomic E-state index is 10.8. The van der Waals surface area contributed by atoms with Crippen LogP contribution in [0, 0.1) is 0 Å². The summed E-state index contributed by atoms with van der Waals surface area (Å²) in [4.78, 5) is 10.8. The molecule has 0 saturated carbocycles. The minimum Gasteiger partial charge on any atom is -0.497 e. The molecule has 15 heavy (non-hydrogen) atoms. The van der Waals surface area contributed by atoms with Crippen LogP contribution in [-0.2, 0) is 0 Å². The van der Waals surface area contributed by atoms with Crippen molar-refractivity contribution in [1.82, 2.24) is 0 Å². The molecule has 0 spiro atoms. The van der Waals surface area contributed by atoms with Gasteiger partial charge in [-0.2, -0.15) is 0 Å². The fraction of sp³-hybridized carbons (Fsp3) is 0.364. The second-order valence-electron chi connectivity index (χ2n) is 3.37. The SMILES string of the molecule is COc1cc(C=O)cc(N2CCCS2)c1. The maximum Gasteiger partial charge on any atom is 0.150 e. The molecule has 1 fully saturated rings. The molecule has 0 unspecified atom stereocenters. The molecular formula is C11H13NO2S. The number of aldehydes is 1. The summed E-state index contributed by atoms with van der Waals surface area (Å²) in [7, 11) is 1.62. The number of hydrogen-bond donors (Lipinski definition) is 0. The zero-order valence-corrected chi connectivity index (χ0v) is 9.42. The molecule has 4 heteroatoms. The van der Waals surface area contributed by atoms with Crippen molar-refractivity contribution in [2.75, 3.05) is 23.7 Å². The van der Waals surface area contributed by atoms with E-state index in [1.165, 1.54) is 6.42 Å². The van der Waals surface area contributed by atoms with Crippen molar-refractivity contribution in [2.24, 2.45) is 0 Å². The summed E-state index contributed by atoms with van der Waals surface area (Å²) in [5, 5.41) is 0. The van der Waals surface area contributed by atoms with Crippen LogP contribution in [0.3, 0.4) is 0 Å². The van der Waals surface area contributed by atoms with Gasteiger partial charge in [-0.15, -0.1) is 0 Å². The summed E-state index contributed by atoms with van der Waals surface area (Å²) in [6.45, 7) is 1.04. The first-order valence-corrected chi connectivity index (χ1v) is 5.82. The largest absolute Gasteiger partial charge is 0.497 e. The molecule has 1 aliphatic rings. The van der Waals surface area contributed by atoms with E-state index in [1.807, 2.05) is 12.1 Å². The lowest BCUT2D eigenvalue weighted by Crippen LogP contribution is -2.09. The first kappa shape index (κ1) is 10.4. The molecule has 1 aromatic rings. The lowest BCUT2D eigenvalue weighted by Gasteiger charge is -2.17. The highest BCUT2D eigenvalue weighted by molar-refractivity contribution is 8.00. The fourth-order valence-electron chi connectivity index (χ4n) is 1.59. The highest BCUT2D eigenvalue weighted by Gasteiger charge is 2.14. The summed E-state index contributed by atoms with van der Waals surface area (Å²) < 4.78 is 7.37. The predicted octanol–water partition coefficient (Wildman–Crippen LogP) is 2.37. The van der Waals surface area contributed by atoms with Crippen molar-refractivity contribution in [3.63, 3.8) is 0 Å². The third-order valence-electron chi connectivity index (χ3n) is 2.33. The van der Waals surface area contributed by atoms with E-state index in [0.717, 1.165) is 30.0 Å². The number of carbonyl (C=O) groups is 1. The Bertz CT molecular complexity index is 362. The molecule has 0 aromatic heterocycles. The van der Waals surface area contributed by atoms with Gasteiger partial charge in [-0.3, -0.25) is 4.79 Å². The zero-order valence-electron chi connectivity index (χ0n) is 8.60. The molecule has 0 bridgehead atoms. The minimum absolute atomic E-state index is 0.664. The van der Waals surface area contributed by atoms with Gasteiger partial charge in [0.2, 0.25) is 0 Å². The van der Waals surface area contributed by atoms with Crippen molar-refractivity contribution < 1.29 is 9.53 Å². The topological polar surface area (TPSA) is 29.5 Å². The third-order valence-corrected chi connectivity index (χ3v) is 3.50. The van der Waals surface area contributed by atoms with Crippen molar-refractivity contribution in [1.29, 1.82) is 0 Å². The molecule has 0 radical (unpaired) electrons. The Morgan fingerprint density at radius 2 is 2.33 bits per heavy atom. The number of hydrogen-bond acceptors (Lipinski definition) is 4. The molecule has 1 aliphatic heterocycles. The molecule has 0 amide bonds. The number of ether oxygens (including phenoxy) is 1. The van der Waals surface area contributed by atoms with Gasteiger partial charge in [0, 0.05) is 23.9 Å². The summed E-state index contributed by atoms with van der Waals surface area (Å²) in [6, 6.07) is 5.61. The van der Waals surface area contributed by atoms with E-state index in [0.29, 0.717) is 5.56 Å². The van der Waals surface area contributed by atoms with Gasteiger partial charge in [-0.05, 0) is 30.5 Å². The Labute approximate surface area is 93.5 Å². The van der Waals surface area contributed by atoms with Crippen LogP contribution in [0.5, 0.6) is 5.75 Å². The Morgan fingerprint density at radius 1 is 1.47 bits per heavy atom. The van der Waals surface area contributed by atoms with Gasteiger partial charge in [-0.25, -0.2) is 0 Å². The van der Waals surface area contributed by atoms with Crippen LogP contribution in [0.25, 0.3) is 0 Å². The van der Waals surface area contributed by atoms with Gasteiger partial charge >= 0.3 is 0 Å². The average Bonchev–Trinajstić information content (AvgIpc) is 2.81. The number of anilines is 1. The number of benzene rings is 1. The highest BCUT2D eigenvalue weighted by Crippen LogP contribution is 2.31. The molecule has 1 aromatic carbocycles. The van der Waals surface area contributed by atoms with E-state index >= 15 is 0 Å². The van der Waals surface area contributed by atoms with Gasteiger partial charge in [0.1, 0.15) is 12.0 Å². The molecule has 1 saturated heterocycles. The van der Waals surface area contributed by atoms with E-state index in [9.17, 15) is 4.79 Å². The molecule has 0 aliphatic carbocycles. The predicted molar refractivity (Wildman–Crippen MR) is 62.8 cm³/mol. The van der Waals surface area contributed by atoms with Crippen LogP contribution >= 0.6 is 11.9 Å². The summed E-state index contributed by atoms with van der Waals surface area (Å²) in [5.74, 6) is 1.88. The molecule has 3 nitrogen and oxygen atoms in total. The van der Waals surface area contributed by atoms with Crippen LogP contribution < -0.4 is 9.04 Å². The van der Waals surface area contributed by atoms with Crippen LogP contribution in [-0.4, -0.2) is 25.7 Å². The normalized spacial score (nSPS) is 15.4. The molecule has 80 valence electrons. The summed E-state index contributed by atoms with van der Waals surface area (Å²) in [6.07, 6.45) is 2.05.